The Morgan fingerprint density at radius 1 is 1.41 bits per heavy atom. The van der Waals surface area contributed by atoms with Gasteiger partial charge >= 0.3 is 0 Å². The van der Waals surface area contributed by atoms with Crippen molar-refractivity contribution in [2.75, 3.05) is 20.1 Å². The average molecular weight is 299 g/mol. The Morgan fingerprint density at radius 3 is 3.05 bits per heavy atom. The molecule has 2 heterocycles. The number of nitrogens with one attached hydrogen (secondary N) is 1. The van der Waals surface area contributed by atoms with Gasteiger partial charge in [-0.05, 0) is 56.8 Å². The normalized spacial score (nSPS) is 28.7. The Hall–Kier alpha value is -1.68. The third kappa shape index (κ3) is 3.38. The zero-order valence-electron chi connectivity index (χ0n) is 13.2. The molecule has 22 heavy (non-hydrogen) atoms. The van der Waals surface area contributed by atoms with E-state index in [1.807, 2.05) is 18.5 Å². The third-order valence-electron chi connectivity index (χ3n) is 4.98. The van der Waals surface area contributed by atoms with Crippen LogP contribution >= 0.6 is 0 Å². The molecule has 4 nitrogen and oxygen atoms in total. The summed E-state index contributed by atoms with van der Waals surface area (Å²) in [7, 11) is 2.16. The molecule has 3 atom stereocenters. The van der Waals surface area contributed by atoms with Gasteiger partial charge in [0.2, 0.25) is 5.91 Å². The van der Waals surface area contributed by atoms with Gasteiger partial charge in [-0.25, -0.2) is 0 Å². The molecule has 1 amide bonds. The molecule has 1 fully saturated rings. The topological polar surface area (TPSA) is 45.2 Å². The number of hydrogen-bond acceptors (Lipinski definition) is 3. The van der Waals surface area contributed by atoms with Crippen LogP contribution < -0.4 is 5.32 Å². The van der Waals surface area contributed by atoms with Crippen LogP contribution in [0.4, 0.5) is 0 Å². The minimum Gasteiger partial charge on any atom is -0.356 e. The molecule has 1 aromatic heterocycles. The molecule has 3 rings (SSSR count). The summed E-state index contributed by atoms with van der Waals surface area (Å²) in [6, 6.07) is 4.49. The highest BCUT2D eigenvalue weighted by molar-refractivity contribution is 5.79. The average Bonchev–Trinajstić information content (AvgIpc) is 2.95. The minimum absolute atomic E-state index is 0.168. The molecule has 1 aromatic rings. The van der Waals surface area contributed by atoms with Gasteiger partial charge in [0.25, 0.3) is 0 Å². The standard InChI is InChI=1S/C18H25N3O/c1-21-11-9-16(17(21)15-8-5-10-19-12-15)13-20-18(22)14-6-3-2-4-7-14/h2-3,5,8,10,12,14,16-17H,4,6-7,9,11,13H2,1H3,(H,20,22)/t14?,16-,17-/m0/s1. The van der Waals surface area contributed by atoms with Crippen molar-refractivity contribution < 1.29 is 4.79 Å². The summed E-state index contributed by atoms with van der Waals surface area (Å²) in [5.41, 5.74) is 1.25. The lowest BCUT2D eigenvalue weighted by molar-refractivity contribution is -0.125. The van der Waals surface area contributed by atoms with E-state index in [2.05, 4.69) is 40.5 Å². The highest BCUT2D eigenvalue weighted by Crippen LogP contribution is 2.35. The van der Waals surface area contributed by atoms with E-state index in [9.17, 15) is 4.79 Å². The summed E-state index contributed by atoms with van der Waals surface area (Å²) >= 11 is 0. The fourth-order valence-corrected chi connectivity index (χ4v) is 3.73. The molecule has 0 aromatic carbocycles. The molecule has 1 N–H and O–H groups in total. The van der Waals surface area contributed by atoms with E-state index in [-0.39, 0.29) is 11.8 Å². The van der Waals surface area contributed by atoms with Gasteiger partial charge in [-0.3, -0.25) is 14.7 Å². The molecule has 1 aliphatic carbocycles. The molecule has 0 bridgehead atoms. The number of allylic oxidation sites excluding steroid dienone is 2. The fourth-order valence-electron chi connectivity index (χ4n) is 3.73. The zero-order chi connectivity index (χ0) is 15.4. The van der Waals surface area contributed by atoms with E-state index in [1.165, 1.54) is 5.56 Å². The summed E-state index contributed by atoms with van der Waals surface area (Å²) in [5, 5.41) is 3.19. The first-order valence-corrected chi connectivity index (χ1v) is 8.28. The van der Waals surface area contributed by atoms with Crippen LogP contribution in [0.5, 0.6) is 0 Å². The van der Waals surface area contributed by atoms with Crippen LogP contribution in [0.25, 0.3) is 0 Å². The molecule has 1 saturated heterocycles. The van der Waals surface area contributed by atoms with E-state index < -0.39 is 0 Å². The van der Waals surface area contributed by atoms with Crippen molar-refractivity contribution in [2.45, 2.75) is 31.7 Å². The molecular formula is C18H25N3O. The maximum Gasteiger partial charge on any atom is 0.223 e. The number of aromatic nitrogens is 1. The first kappa shape index (κ1) is 15.2. The molecule has 1 unspecified atom stereocenters. The van der Waals surface area contributed by atoms with Crippen molar-refractivity contribution in [1.82, 2.24) is 15.2 Å². The van der Waals surface area contributed by atoms with Crippen molar-refractivity contribution in [2.24, 2.45) is 11.8 Å². The van der Waals surface area contributed by atoms with Gasteiger partial charge in [0.15, 0.2) is 0 Å². The molecule has 4 heteroatoms. The Balaban J connectivity index is 1.59. The highest BCUT2D eigenvalue weighted by atomic mass is 16.1. The largest absolute Gasteiger partial charge is 0.356 e. The van der Waals surface area contributed by atoms with E-state index in [0.29, 0.717) is 12.0 Å². The Labute approximate surface area is 132 Å². The summed E-state index contributed by atoms with van der Waals surface area (Å²) < 4.78 is 0. The molecule has 0 saturated carbocycles. The Bertz CT molecular complexity index is 528. The van der Waals surface area contributed by atoms with E-state index in [0.717, 1.165) is 38.8 Å². The van der Waals surface area contributed by atoms with Crippen LogP contribution in [0.15, 0.2) is 36.7 Å². The number of pyridine rings is 1. The van der Waals surface area contributed by atoms with Gasteiger partial charge in [0, 0.05) is 30.9 Å². The van der Waals surface area contributed by atoms with Crippen LogP contribution in [0.2, 0.25) is 0 Å². The van der Waals surface area contributed by atoms with E-state index >= 15 is 0 Å². The quantitative estimate of drug-likeness (QED) is 0.869. The number of carbonyl (C=O) groups excluding carboxylic acids is 1. The first-order chi connectivity index (χ1) is 10.8. The van der Waals surface area contributed by atoms with Gasteiger partial charge in [0.1, 0.15) is 0 Å². The van der Waals surface area contributed by atoms with Crippen LogP contribution in [-0.4, -0.2) is 35.9 Å². The number of nitrogens with zero attached hydrogens (tertiary/aromatic N) is 2. The lowest BCUT2D eigenvalue weighted by Gasteiger charge is -2.26. The van der Waals surface area contributed by atoms with Crippen molar-refractivity contribution in [1.29, 1.82) is 0 Å². The van der Waals surface area contributed by atoms with Crippen molar-refractivity contribution in [3.8, 4) is 0 Å². The SMILES string of the molecule is CN1CC[C@@H](CNC(=O)C2CC=CCC2)[C@@H]1c1cccnc1. The molecule has 1 aliphatic heterocycles. The van der Waals surface area contributed by atoms with Crippen LogP contribution in [0, 0.1) is 11.8 Å². The van der Waals surface area contributed by atoms with Gasteiger partial charge < -0.3 is 5.32 Å². The number of hydrogen-bond donors (Lipinski definition) is 1. The van der Waals surface area contributed by atoms with Gasteiger partial charge in [-0.15, -0.1) is 0 Å². The Morgan fingerprint density at radius 2 is 2.32 bits per heavy atom. The predicted octanol–water partition coefficient (Wildman–Crippen LogP) is 2.55. The third-order valence-corrected chi connectivity index (χ3v) is 4.98. The van der Waals surface area contributed by atoms with Gasteiger partial charge in [0.05, 0.1) is 0 Å². The summed E-state index contributed by atoms with van der Waals surface area (Å²) in [4.78, 5) is 18.9. The monoisotopic (exact) mass is 299 g/mol. The molecule has 118 valence electrons. The van der Waals surface area contributed by atoms with E-state index in [4.69, 9.17) is 0 Å². The summed E-state index contributed by atoms with van der Waals surface area (Å²) in [5.74, 6) is 0.863. The van der Waals surface area contributed by atoms with Crippen LogP contribution in [0.1, 0.15) is 37.3 Å². The van der Waals surface area contributed by atoms with Crippen LogP contribution in [0.3, 0.4) is 0 Å². The number of amides is 1. The minimum atomic E-state index is 0.168. The second-order valence-electron chi connectivity index (χ2n) is 6.49. The number of likely N-dealkylation sites (tertiary alicyclic amines) is 1. The second-order valence-corrected chi connectivity index (χ2v) is 6.49. The molecular weight excluding hydrogens is 274 g/mol. The smallest absolute Gasteiger partial charge is 0.223 e. The Kier molecular flexibility index (Phi) is 4.88. The molecule has 2 aliphatic rings. The predicted molar refractivity (Wildman–Crippen MR) is 87.2 cm³/mol. The van der Waals surface area contributed by atoms with Crippen molar-refractivity contribution in [3.05, 3.63) is 42.2 Å². The maximum atomic E-state index is 12.3. The lowest BCUT2D eigenvalue weighted by atomic mass is 9.92. The van der Waals surface area contributed by atoms with Crippen molar-refractivity contribution in [3.63, 3.8) is 0 Å². The zero-order valence-corrected chi connectivity index (χ0v) is 13.2. The maximum absolute atomic E-state index is 12.3. The molecule has 0 spiro atoms. The number of carbonyl (C=O) groups is 1. The highest BCUT2D eigenvalue weighted by Gasteiger charge is 2.33. The lowest BCUT2D eigenvalue weighted by Crippen LogP contribution is -2.36. The first-order valence-electron chi connectivity index (χ1n) is 8.28. The van der Waals surface area contributed by atoms with E-state index in [1.54, 1.807) is 0 Å². The second kappa shape index (κ2) is 7.05. The van der Waals surface area contributed by atoms with Crippen molar-refractivity contribution >= 4 is 5.91 Å². The number of rotatable bonds is 4. The summed E-state index contributed by atoms with van der Waals surface area (Å²) in [6.45, 7) is 1.84. The summed E-state index contributed by atoms with van der Waals surface area (Å²) in [6.07, 6.45) is 12.1. The fraction of sp³-hybridized carbons (Fsp3) is 0.556. The van der Waals surface area contributed by atoms with Gasteiger partial charge in [-0.1, -0.05) is 18.2 Å². The van der Waals surface area contributed by atoms with Crippen LogP contribution in [-0.2, 0) is 4.79 Å². The van der Waals surface area contributed by atoms with Gasteiger partial charge in [-0.2, -0.15) is 0 Å². The molecule has 0 radical (unpaired) electrons.